The zero-order chi connectivity index (χ0) is 33.2. The fourth-order valence-corrected chi connectivity index (χ4v) is 5.94. The molecule has 7 aromatic carbocycles. The molecule has 46 heavy (non-hydrogen) atoms. The normalized spacial score (nSPS) is 10.5. The van der Waals surface area contributed by atoms with Crippen molar-refractivity contribution in [1.82, 2.24) is 0 Å². The summed E-state index contributed by atoms with van der Waals surface area (Å²) in [7, 11) is 11.0. The van der Waals surface area contributed by atoms with Gasteiger partial charge in [-0.2, -0.15) is 12.1 Å². The van der Waals surface area contributed by atoms with Crippen molar-refractivity contribution in [1.29, 1.82) is 0 Å². The zero-order valence-corrected chi connectivity index (χ0v) is 32.9. The van der Waals surface area contributed by atoms with Crippen molar-refractivity contribution < 1.29 is 20.8 Å². The second kappa shape index (κ2) is 17.4. The molecule has 0 saturated heterocycles. The quantitative estimate of drug-likeness (QED) is 0.125. The van der Waals surface area contributed by atoms with Gasteiger partial charge >= 0.3 is 37.9 Å². The molecule has 0 aliphatic rings. The summed E-state index contributed by atoms with van der Waals surface area (Å²) in [5, 5.41) is 8.08. The maximum absolute atomic E-state index is 4.93. The summed E-state index contributed by atoms with van der Waals surface area (Å²) >= 11 is -0.826. The van der Waals surface area contributed by atoms with Crippen molar-refractivity contribution >= 4 is 58.9 Å². The van der Waals surface area contributed by atoms with Gasteiger partial charge in [-0.1, -0.05) is 136 Å². The summed E-state index contributed by atoms with van der Waals surface area (Å²) in [5.74, 6) is 0.581. The topological polar surface area (TPSA) is 0 Å². The molecular formula is C42H42Cl2SiZr. The Labute approximate surface area is 297 Å². The van der Waals surface area contributed by atoms with E-state index in [2.05, 4.69) is 169 Å². The molecule has 0 saturated carbocycles. The van der Waals surface area contributed by atoms with Crippen LogP contribution in [0.25, 0.3) is 54.6 Å². The van der Waals surface area contributed by atoms with E-state index in [9.17, 15) is 0 Å². The zero-order valence-electron chi connectivity index (χ0n) is 27.9. The molecule has 0 bridgehead atoms. The van der Waals surface area contributed by atoms with Crippen LogP contribution in [0.15, 0.2) is 121 Å². The van der Waals surface area contributed by atoms with Gasteiger partial charge in [-0.05, 0) is 34.7 Å². The summed E-state index contributed by atoms with van der Waals surface area (Å²) in [6.45, 7) is 15.3. The predicted octanol–water partition coefficient (Wildman–Crippen LogP) is 13.8. The van der Waals surface area contributed by atoms with Crippen LogP contribution in [0.1, 0.15) is 42.0 Å². The van der Waals surface area contributed by atoms with Crippen molar-refractivity contribution in [2.24, 2.45) is 0 Å². The number of hydrogen-bond acceptors (Lipinski definition) is 0. The van der Waals surface area contributed by atoms with Gasteiger partial charge in [0.1, 0.15) is 0 Å². The molecule has 2 radical (unpaired) electrons. The Bertz CT molecular complexity index is 2010. The molecule has 0 spiro atoms. The number of halogens is 2. The van der Waals surface area contributed by atoms with E-state index in [-0.39, 0.29) is 0 Å². The van der Waals surface area contributed by atoms with Crippen LogP contribution in [0.5, 0.6) is 0 Å². The molecule has 0 nitrogen and oxygen atoms in total. The Kier molecular flexibility index (Phi) is 13.7. The molecule has 232 valence electrons. The second-order valence-electron chi connectivity index (χ2n) is 12.0. The molecule has 0 amide bonds. The van der Waals surface area contributed by atoms with E-state index in [0.29, 0.717) is 5.92 Å². The third-order valence-corrected chi connectivity index (χ3v) is 8.10. The van der Waals surface area contributed by atoms with Crippen molar-refractivity contribution in [3.8, 4) is 22.3 Å². The Balaban J connectivity index is 0.000000179. The summed E-state index contributed by atoms with van der Waals surface area (Å²) < 4.78 is 0. The average Bonchev–Trinajstić information content (AvgIpc) is 3.67. The fourth-order valence-electron chi connectivity index (χ4n) is 5.94. The van der Waals surface area contributed by atoms with Crippen LogP contribution >= 0.6 is 17.0 Å². The summed E-state index contributed by atoms with van der Waals surface area (Å²) in [6, 6.07) is 44.3. The van der Waals surface area contributed by atoms with Gasteiger partial charge in [-0.25, -0.2) is 0 Å². The van der Waals surface area contributed by atoms with Gasteiger partial charge in [0, 0.05) is 9.52 Å². The molecule has 0 atom stereocenters. The van der Waals surface area contributed by atoms with E-state index >= 15 is 0 Å². The molecule has 7 aromatic rings. The van der Waals surface area contributed by atoms with Gasteiger partial charge in [0.15, 0.2) is 0 Å². The third kappa shape index (κ3) is 8.78. The number of fused-ring (bicyclic) bond motifs is 3. The van der Waals surface area contributed by atoms with E-state index in [1.54, 1.807) is 0 Å². The van der Waals surface area contributed by atoms with E-state index in [1.807, 2.05) is 0 Å². The molecule has 0 N–H and O–H groups in total. The van der Waals surface area contributed by atoms with Gasteiger partial charge < -0.3 is 0 Å². The first-order chi connectivity index (χ1) is 22.2. The Hall–Kier alpha value is -2.74. The van der Waals surface area contributed by atoms with Crippen LogP contribution in [0.3, 0.4) is 0 Å². The van der Waals surface area contributed by atoms with E-state index in [4.69, 9.17) is 17.0 Å². The third-order valence-electron chi connectivity index (χ3n) is 8.10. The summed E-state index contributed by atoms with van der Waals surface area (Å²) in [4.78, 5) is 0. The first-order valence-electron chi connectivity index (χ1n) is 15.7. The summed E-state index contributed by atoms with van der Waals surface area (Å²) in [6.07, 6.45) is 0. The molecule has 0 unspecified atom stereocenters. The van der Waals surface area contributed by atoms with Gasteiger partial charge in [0.2, 0.25) is 0 Å². The SMILES string of the molecule is C[Si]C.Cc1cc2c(-c3cccc4ccccc34)ccc(C)c2[cH-]1.Cc1cccc(-c2cccc3[cH-]c(C(C)C)cc23)c1.[Cl][Zr+2][Cl]. The first-order valence-corrected chi connectivity index (χ1v) is 24.0. The van der Waals surface area contributed by atoms with Crippen LogP contribution in [0.2, 0.25) is 13.1 Å². The van der Waals surface area contributed by atoms with Crippen molar-refractivity contribution in [3.63, 3.8) is 0 Å². The first kappa shape index (κ1) is 36.1. The van der Waals surface area contributed by atoms with Crippen LogP contribution in [0.4, 0.5) is 0 Å². The number of rotatable bonds is 3. The van der Waals surface area contributed by atoms with E-state index in [0.717, 1.165) is 9.52 Å². The molecule has 0 fully saturated rings. The minimum absolute atomic E-state index is 0.581. The number of aryl methyl sites for hydroxylation is 3. The van der Waals surface area contributed by atoms with Gasteiger partial charge in [-0.15, -0.1) is 68.6 Å². The maximum atomic E-state index is 4.93. The number of benzene rings is 5. The fraction of sp³-hybridized carbons (Fsp3) is 0.190. The minimum atomic E-state index is -0.826. The molecule has 0 aromatic heterocycles. The second-order valence-corrected chi connectivity index (χ2v) is 16.7. The molecular weight excluding hydrogens is 695 g/mol. The van der Waals surface area contributed by atoms with Crippen LogP contribution in [-0.4, -0.2) is 9.52 Å². The van der Waals surface area contributed by atoms with Crippen molar-refractivity contribution in [3.05, 3.63) is 144 Å². The number of hydrogen-bond donors (Lipinski definition) is 0. The summed E-state index contributed by atoms with van der Waals surface area (Å²) in [5.41, 5.74) is 10.7. The Morgan fingerprint density at radius 3 is 1.98 bits per heavy atom. The van der Waals surface area contributed by atoms with Crippen LogP contribution < -0.4 is 0 Å². The van der Waals surface area contributed by atoms with Crippen LogP contribution in [0, 0.1) is 20.8 Å². The molecule has 0 aliphatic heterocycles. The van der Waals surface area contributed by atoms with E-state index in [1.165, 1.54) is 76.8 Å². The standard InChI is InChI=1S/C21H17.C19H19.C2H6Si.2ClH.Zr/c1-14-12-20-15(2)10-11-19(21(20)13-14)18-9-5-7-16-6-3-4-8-17(16)18;1-13(2)17-11-16-8-5-9-18(19(16)12-17)15-7-4-6-14(3)10-15;1-3-2;;;/h3-13H,1-2H3;4-13H,1-3H3;1-2H3;2*1H;/q2*-1;;;;+4/p-2. The average molecular weight is 737 g/mol. The van der Waals surface area contributed by atoms with Gasteiger partial charge in [-0.3, -0.25) is 0 Å². The molecule has 7 rings (SSSR count). The molecule has 0 heterocycles. The predicted molar refractivity (Wildman–Crippen MR) is 205 cm³/mol. The van der Waals surface area contributed by atoms with Crippen LogP contribution in [-0.2, 0) is 20.8 Å². The molecule has 0 aliphatic carbocycles. The van der Waals surface area contributed by atoms with E-state index < -0.39 is 20.8 Å². The Morgan fingerprint density at radius 1 is 0.630 bits per heavy atom. The Morgan fingerprint density at radius 2 is 1.26 bits per heavy atom. The van der Waals surface area contributed by atoms with Crippen molar-refractivity contribution in [2.75, 3.05) is 0 Å². The van der Waals surface area contributed by atoms with Gasteiger partial charge in [0.25, 0.3) is 0 Å². The van der Waals surface area contributed by atoms with Gasteiger partial charge in [0.05, 0.1) is 0 Å². The monoisotopic (exact) mass is 734 g/mol. The van der Waals surface area contributed by atoms with Crippen molar-refractivity contribution in [2.45, 2.75) is 53.6 Å². The molecule has 4 heteroatoms.